The summed E-state index contributed by atoms with van der Waals surface area (Å²) in [6.45, 7) is 7.36. The van der Waals surface area contributed by atoms with Gasteiger partial charge in [0.2, 0.25) is 5.43 Å². The summed E-state index contributed by atoms with van der Waals surface area (Å²) in [7, 11) is 0. The van der Waals surface area contributed by atoms with Crippen molar-refractivity contribution in [3.63, 3.8) is 0 Å². The van der Waals surface area contributed by atoms with Crippen LogP contribution in [0.1, 0.15) is 48.3 Å². The van der Waals surface area contributed by atoms with Gasteiger partial charge in [0.15, 0.2) is 16.5 Å². The fourth-order valence-corrected chi connectivity index (χ4v) is 4.65. The maximum atomic E-state index is 14.0. The van der Waals surface area contributed by atoms with Gasteiger partial charge in [-0.25, -0.2) is 8.78 Å². The van der Waals surface area contributed by atoms with Crippen LogP contribution in [0.3, 0.4) is 0 Å². The van der Waals surface area contributed by atoms with Crippen molar-refractivity contribution in [2.24, 2.45) is 5.92 Å². The third-order valence-electron chi connectivity index (χ3n) is 5.95. The van der Waals surface area contributed by atoms with Crippen molar-refractivity contribution in [3.8, 4) is 16.3 Å². The van der Waals surface area contributed by atoms with Crippen molar-refractivity contribution in [1.29, 1.82) is 0 Å². The maximum absolute atomic E-state index is 14.0. The number of aromatic nitrogens is 3. The fraction of sp³-hybridized carbons (Fsp3) is 0.391. The molecule has 1 atom stereocenters. The second kappa shape index (κ2) is 9.49. The van der Waals surface area contributed by atoms with Crippen LogP contribution in [-0.4, -0.2) is 50.5 Å². The third kappa shape index (κ3) is 4.39. The molecule has 1 amide bonds. The molecule has 0 aliphatic carbocycles. The average Bonchev–Trinajstić information content (AvgIpc) is 3.27. The Morgan fingerprint density at radius 2 is 1.97 bits per heavy atom. The first kappa shape index (κ1) is 23.8. The summed E-state index contributed by atoms with van der Waals surface area (Å²) in [4.78, 5) is 27.5. The highest BCUT2D eigenvalue weighted by atomic mass is 32.1. The molecule has 180 valence electrons. The number of halogens is 2. The highest BCUT2D eigenvalue weighted by Gasteiger charge is 2.33. The molecular weight excluding hydrogens is 464 g/mol. The molecule has 0 spiro atoms. The molecule has 0 saturated carbocycles. The smallest absolute Gasteiger partial charge is 0.277 e. The Labute approximate surface area is 199 Å². The van der Waals surface area contributed by atoms with Gasteiger partial charge in [-0.05, 0) is 24.5 Å². The summed E-state index contributed by atoms with van der Waals surface area (Å²) >= 11 is 1.07. The first-order chi connectivity index (χ1) is 16.2. The zero-order chi connectivity index (χ0) is 24.6. The van der Waals surface area contributed by atoms with E-state index in [2.05, 4.69) is 24.0 Å². The van der Waals surface area contributed by atoms with Gasteiger partial charge in [-0.2, -0.15) is 0 Å². The van der Waals surface area contributed by atoms with Gasteiger partial charge in [0.1, 0.15) is 23.3 Å². The molecule has 34 heavy (non-hydrogen) atoms. The van der Waals surface area contributed by atoms with Crippen LogP contribution in [-0.2, 0) is 6.42 Å². The van der Waals surface area contributed by atoms with Crippen LogP contribution in [0.4, 0.5) is 8.78 Å². The Hall–Kier alpha value is -3.34. The second-order valence-corrected chi connectivity index (χ2v) is 9.39. The van der Waals surface area contributed by atoms with Crippen LogP contribution in [0.25, 0.3) is 10.6 Å². The van der Waals surface area contributed by atoms with Crippen LogP contribution in [0.5, 0.6) is 5.75 Å². The molecule has 1 aliphatic rings. The van der Waals surface area contributed by atoms with Gasteiger partial charge in [-0.3, -0.25) is 19.3 Å². The van der Waals surface area contributed by atoms with Gasteiger partial charge < -0.3 is 10.0 Å². The number of benzene rings is 1. The van der Waals surface area contributed by atoms with Crippen LogP contribution in [0.15, 0.2) is 29.2 Å². The lowest BCUT2D eigenvalue weighted by atomic mass is 10.1. The van der Waals surface area contributed by atoms with Gasteiger partial charge in [0.25, 0.3) is 5.91 Å². The number of rotatable bonds is 7. The number of carbonyl (C=O) groups excluding carboxylic acids is 1. The van der Waals surface area contributed by atoms with Crippen molar-refractivity contribution in [2.75, 3.05) is 24.8 Å². The molecule has 4 rings (SSSR count). The maximum Gasteiger partial charge on any atom is 0.277 e. The normalized spacial score (nSPS) is 14.4. The molecule has 3 heterocycles. The van der Waals surface area contributed by atoms with Crippen LogP contribution in [0, 0.1) is 17.6 Å². The van der Waals surface area contributed by atoms with Crippen molar-refractivity contribution in [3.05, 3.63) is 62.5 Å². The lowest BCUT2D eigenvalue weighted by Gasteiger charge is -2.40. The lowest BCUT2D eigenvalue weighted by molar-refractivity contribution is 0.0694. The van der Waals surface area contributed by atoms with E-state index in [9.17, 15) is 23.5 Å². The first-order valence-electron chi connectivity index (χ1n) is 11.0. The molecule has 0 saturated heterocycles. The van der Waals surface area contributed by atoms with E-state index in [0.29, 0.717) is 30.7 Å². The molecule has 2 aromatic heterocycles. The number of fused-ring (bicyclic) bond motifs is 1. The van der Waals surface area contributed by atoms with Crippen molar-refractivity contribution in [1.82, 2.24) is 19.8 Å². The molecule has 3 aromatic rings. The van der Waals surface area contributed by atoms with E-state index in [4.69, 9.17) is 0 Å². The molecule has 0 bridgehead atoms. The Morgan fingerprint density at radius 1 is 1.21 bits per heavy atom. The zero-order valence-corrected chi connectivity index (χ0v) is 19.9. The van der Waals surface area contributed by atoms with Gasteiger partial charge in [-0.1, -0.05) is 37.7 Å². The average molecular weight is 490 g/mol. The lowest BCUT2D eigenvalue weighted by Crippen LogP contribution is -2.55. The van der Waals surface area contributed by atoms with E-state index in [1.807, 2.05) is 11.9 Å². The first-order valence-corrected chi connectivity index (χ1v) is 11.8. The number of pyridine rings is 1. The van der Waals surface area contributed by atoms with Gasteiger partial charge in [-0.15, -0.1) is 10.2 Å². The molecule has 8 nitrogen and oxygen atoms in total. The standard InChI is InChI=1S/C23H25F2N5O3S/c1-4-13(3)10-29-12-28(5-2)23(33)19-21(32)20(31)16(11-30(19)29)22-27-26-18(34-22)8-14-6-7-15(24)9-17(14)25/h6-7,9,11,13,32H,4-5,8,10,12H2,1-3H3/t13-/m0/s1. The zero-order valence-electron chi connectivity index (χ0n) is 19.1. The molecule has 0 unspecified atom stereocenters. The van der Waals surface area contributed by atoms with Crippen LogP contribution in [0.2, 0.25) is 0 Å². The van der Waals surface area contributed by atoms with Crippen LogP contribution < -0.4 is 10.4 Å². The van der Waals surface area contributed by atoms with E-state index < -0.39 is 28.7 Å². The summed E-state index contributed by atoms with van der Waals surface area (Å²) in [5.74, 6) is -2.12. The number of hydrogen-bond donors (Lipinski definition) is 1. The van der Waals surface area contributed by atoms with E-state index in [1.54, 1.807) is 4.90 Å². The largest absolute Gasteiger partial charge is 0.502 e. The molecule has 0 radical (unpaired) electrons. The summed E-state index contributed by atoms with van der Waals surface area (Å²) in [5.41, 5.74) is -0.462. The Morgan fingerprint density at radius 3 is 2.65 bits per heavy atom. The molecule has 11 heteroatoms. The van der Waals surface area contributed by atoms with Crippen molar-refractivity contribution in [2.45, 2.75) is 33.6 Å². The molecule has 0 fully saturated rings. The predicted octanol–water partition coefficient (Wildman–Crippen LogP) is 3.36. The predicted molar refractivity (Wildman–Crippen MR) is 125 cm³/mol. The molecule has 1 N–H and O–H groups in total. The monoisotopic (exact) mass is 489 g/mol. The molecular formula is C23H25F2N5O3S. The Kier molecular flexibility index (Phi) is 6.65. The van der Waals surface area contributed by atoms with E-state index >= 15 is 0 Å². The number of carbonyl (C=O) groups is 1. The number of aromatic hydroxyl groups is 1. The topological polar surface area (TPSA) is 91.6 Å². The summed E-state index contributed by atoms with van der Waals surface area (Å²) in [6.07, 6.45) is 2.50. The third-order valence-corrected chi connectivity index (χ3v) is 6.90. The number of nitrogens with zero attached hydrogens (tertiary/aromatic N) is 5. The minimum atomic E-state index is -0.725. The van der Waals surface area contributed by atoms with Crippen LogP contribution >= 0.6 is 11.3 Å². The van der Waals surface area contributed by atoms with E-state index in [-0.39, 0.29) is 28.2 Å². The molecule has 1 aromatic carbocycles. The van der Waals surface area contributed by atoms with Gasteiger partial charge >= 0.3 is 0 Å². The highest BCUT2D eigenvalue weighted by molar-refractivity contribution is 7.14. The molecule has 1 aliphatic heterocycles. The van der Waals surface area contributed by atoms with Gasteiger partial charge in [0.05, 0.1) is 5.56 Å². The van der Waals surface area contributed by atoms with Gasteiger partial charge in [0, 0.05) is 31.8 Å². The number of amides is 1. The summed E-state index contributed by atoms with van der Waals surface area (Å²) in [6, 6.07) is 3.30. The summed E-state index contributed by atoms with van der Waals surface area (Å²) in [5, 5.41) is 21.4. The minimum absolute atomic E-state index is 0.0755. The summed E-state index contributed by atoms with van der Waals surface area (Å²) < 4.78 is 28.8. The fourth-order valence-electron chi connectivity index (χ4n) is 3.78. The Bertz CT molecular complexity index is 1290. The number of hydrogen-bond acceptors (Lipinski definition) is 7. The van der Waals surface area contributed by atoms with Crippen molar-refractivity contribution >= 4 is 17.2 Å². The Balaban J connectivity index is 1.74. The van der Waals surface area contributed by atoms with Crippen molar-refractivity contribution < 1.29 is 18.7 Å². The SMILES string of the molecule is CC[C@H](C)CN1CN(CC)C(=O)c2c(O)c(=O)c(-c3nnc(Cc4ccc(F)cc4F)s3)cn21. The minimum Gasteiger partial charge on any atom is -0.502 e. The van der Waals surface area contributed by atoms with E-state index in [0.717, 1.165) is 29.9 Å². The highest BCUT2D eigenvalue weighted by Crippen LogP contribution is 2.28. The van der Waals surface area contributed by atoms with E-state index in [1.165, 1.54) is 16.9 Å². The second-order valence-electron chi connectivity index (χ2n) is 8.33. The quantitative estimate of drug-likeness (QED) is 0.547.